The van der Waals surface area contributed by atoms with Crippen LogP contribution in [-0.4, -0.2) is 25.3 Å². The summed E-state index contributed by atoms with van der Waals surface area (Å²) in [5.41, 5.74) is 0. The van der Waals surface area contributed by atoms with Gasteiger partial charge in [-0.1, -0.05) is 0 Å². The van der Waals surface area contributed by atoms with Crippen LogP contribution in [0.1, 0.15) is 32.1 Å². The first-order valence-corrected chi connectivity index (χ1v) is 6.78. The largest absolute Gasteiger partial charge is 0.377 e. The summed E-state index contributed by atoms with van der Waals surface area (Å²) >= 11 is 0. The van der Waals surface area contributed by atoms with E-state index in [0.717, 1.165) is 42.9 Å². The standard InChI is InChI=1S/C13H21NO/c1-2-10(15-5-1)7-14-13-11-8-3-4-9(6-8)12(11)13/h8-14H,1-7H2. The Kier molecular flexibility index (Phi) is 1.92. The van der Waals surface area contributed by atoms with E-state index in [-0.39, 0.29) is 0 Å². The van der Waals surface area contributed by atoms with Crippen LogP contribution in [0.15, 0.2) is 0 Å². The summed E-state index contributed by atoms with van der Waals surface area (Å²) in [5.74, 6) is 4.35. The number of fused-ring (bicyclic) bond motifs is 5. The zero-order chi connectivity index (χ0) is 9.83. The minimum atomic E-state index is 0.531. The molecule has 84 valence electrons. The lowest BCUT2D eigenvalue weighted by molar-refractivity contribution is 0.108. The lowest BCUT2D eigenvalue weighted by atomic mass is 10.0. The average molecular weight is 207 g/mol. The third kappa shape index (κ3) is 1.31. The molecule has 1 aliphatic heterocycles. The fourth-order valence-corrected chi connectivity index (χ4v) is 4.67. The molecule has 0 amide bonds. The highest BCUT2D eigenvalue weighted by Gasteiger charge is 2.64. The molecule has 0 aromatic heterocycles. The fraction of sp³-hybridized carbons (Fsp3) is 1.00. The number of nitrogens with one attached hydrogen (secondary N) is 1. The van der Waals surface area contributed by atoms with Crippen LogP contribution < -0.4 is 5.32 Å². The molecule has 2 heteroatoms. The van der Waals surface area contributed by atoms with Gasteiger partial charge in [-0.2, -0.15) is 0 Å². The summed E-state index contributed by atoms with van der Waals surface area (Å²) in [5, 5.41) is 3.78. The molecule has 4 aliphatic rings. The van der Waals surface area contributed by atoms with E-state index < -0.39 is 0 Å². The SMILES string of the molecule is C1COC(CNC2C3C4CCC(C4)C23)C1. The Bertz CT molecular complexity index is 245. The molecule has 0 aromatic rings. The Morgan fingerprint density at radius 2 is 1.87 bits per heavy atom. The third-order valence-electron chi connectivity index (χ3n) is 5.34. The molecule has 2 bridgehead atoms. The Labute approximate surface area is 91.8 Å². The predicted octanol–water partition coefficient (Wildman–Crippen LogP) is 1.80. The van der Waals surface area contributed by atoms with E-state index in [9.17, 15) is 0 Å². The van der Waals surface area contributed by atoms with Crippen molar-refractivity contribution in [2.45, 2.75) is 44.2 Å². The summed E-state index contributed by atoms with van der Waals surface area (Å²) in [6.45, 7) is 2.12. The lowest BCUT2D eigenvalue weighted by Gasteiger charge is -2.13. The molecule has 2 nitrogen and oxygen atoms in total. The molecule has 4 fully saturated rings. The average Bonchev–Trinajstić information content (AvgIpc) is 2.72. The van der Waals surface area contributed by atoms with Gasteiger partial charge in [0.2, 0.25) is 0 Å². The molecule has 4 rings (SSSR count). The van der Waals surface area contributed by atoms with Crippen LogP contribution in [0.2, 0.25) is 0 Å². The van der Waals surface area contributed by atoms with Crippen LogP contribution in [0.4, 0.5) is 0 Å². The second-order valence-electron chi connectivity index (χ2n) is 6.06. The van der Waals surface area contributed by atoms with Crippen molar-refractivity contribution in [1.82, 2.24) is 5.32 Å². The van der Waals surface area contributed by atoms with E-state index in [4.69, 9.17) is 4.74 Å². The summed E-state index contributed by atoms with van der Waals surface area (Å²) in [7, 11) is 0. The van der Waals surface area contributed by atoms with E-state index in [0.29, 0.717) is 6.10 Å². The molecule has 15 heavy (non-hydrogen) atoms. The van der Waals surface area contributed by atoms with Gasteiger partial charge in [-0.15, -0.1) is 0 Å². The summed E-state index contributed by atoms with van der Waals surface area (Å²) in [4.78, 5) is 0. The maximum Gasteiger partial charge on any atom is 0.0700 e. The van der Waals surface area contributed by atoms with Gasteiger partial charge in [0.1, 0.15) is 0 Å². The molecular formula is C13H21NO. The molecule has 0 radical (unpaired) electrons. The molecule has 0 spiro atoms. The van der Waals surface area contributed by atoms with Crippen LogP contribution in [-0.2, 0) is 4.74 Å². The summed E-state index contributed by atoms with van der Waals surface area (Å²) in [6.07, 6.45) is 7.71. The van der Waals surface area contributed by atoms with Gasteiger partial charge in [0.25, 0.3) is 0 Å². The van der Waals surface area contributed by atoms with Gasteiger partial charge in [0.05, 0.1) is 6.10 Å². The Morgan fingerprint density at radius 1 is 1.07 bits per heavy atom. The minimum Gasteiger partial charge on any atom is -0.377 e. The van der Waals surface area contributed by atoms with Gasteiger partial charge in [-0.25, -0.2) is 0 Å². The molecule has 1 heterocycles. The quantitative estimate of drug-likeness (QED) is 0.762. The van der Waals surface area contributed by atoms with Crippen molar-refractivity contribution < 1.29 is 4.74 Å². The van der Waals surface area contributed by atoms with Gasteiger partial charge in [-0.05, 0) is 55.8 Å². The molecular weight excluding hydrogens is 186 g/mol. The molecule has 5 unspecified atom stereocenters. The van der Waals surface area contributed by atoms with Crippen LogP contribution in [0, 0.1) is 23.7 Å². The second-order valence-corrected chi connectivity index (χ2v) is 6.06. The van der Waals surface area contributed by atoms with Crippen LogP contribution in [0.25, 0.3) is 0 Å². The first-order chi connectivity index (χ1) is 7.43. The van der Waals surface area contributed by atoms with E-state index in [1.165, 1.54) is 25.7 Å². The highest BCUT2D eigenvalue weighted by molar-refractivity contribution is 5.16. The first-order valence-electron chi connectivity index (χ1n) is 6.78. The van der Waals surface area contributed by atoms with Gasteiger partial charge in [0.15, 0.2) is 0 Å². The van der Waals surface area contributed by atoms with Crippen LogP contribution in [0.3, 0.4) is 0 Å². The van der Waals surface area contributed by atoms with Crippen LogP contribution >= 0.6 is 0 Å². The second kappa shape index (κ2) is 3.21. The normalized spacial score (nSPS) is 56.0. The molecule has 1 N–H and O–H groups in total. The Balaban J connectivity index is 1.31. The maximum atomic E-state index is 5.66. The summed E-state index contributed by atoms with van der Waals surface area (Å²) < 4.78 is 5.66. The van der Waals surface area contributed by atoms with E-state index >= 15 is 0 Å². The highest BCUT2D eigenvalue weighted by atomic mass is 16.5. The van der Waals surface area contributed by atoms with Gasteiger partial charge in [-0.3, -0.25) is 0 Å². The smallest absolute Gasteiger partial charge is 0.0700 e. The van der Waals surface area contributed by atoms with Crippen molar-refractivity contribution in [3.63, 3.8) is 0 Å². The monoisotopic (exact) mass is 207 g/mol. The van der Waals surface area contributed by atoms with Gasteiger partial charge in [0, 0.05) is 19.2 Å². The van der Waals surface area contributed by atoms with Crippen molar-refractivity contribution in [2.75, 3.05) is 13.2 Å². The number of ether oxygens (including phenoxy) is 1. The molecule has 5 atom stereocenters. The van der Waals surface area contributed by atoms with Gasteiger partial charge < -0.3 is 10.1 Å². The Morgan fingerprint density at radius 3 is 2.53 bits per heavy atom. The van der Waals surface area contributed by atoms with E-state index in [2.05, 4.69) is 5.32 Å². The molecule has 3 aliphatic carbocycles. The zero-order valence-corrected chi connectivity index (χ0v) is 9.32. The fourth-order valence-electron chi connectivity index (χ4n) is 4.67. The maximum absolute atomic E-state index is 5.66. The lowest BCUT2D eigenvalue weighted by Crippen LogP contribution is -2.31. The van der Waals surface area contributed by atoms with Gasteiger partial charge >= 0.3 is 0 Å². The summed E-state index contributed by atoms with van der Waals surface area (Å²) in [6, 6.07) is 0.889. The number of hydrogen-bond acceptors (Lipinski definition) is 2. The minimum absolute atomic E-state index is 0.531. The van der Waals surface area contributed by atoms with Crippen molar-refractivity contribution in [3.8, 4) is 0 Å². The zero-order valence-electron chi connectivity index (χ0n) is 9.32. The first kappa shape index (κ1) is 9.00. The van der Waals surface area contributed by atoms with Crippen molar-refractivity contribution in [1.29, 1.82) is 0 Å². The van der Waals surface area contributed by atoms with Crippen LogP contribution in [0.5, 0.6) is 0 Å². The van der Waals surface area contributed by atoms with E-state index in [1.807, 2.05) is 0 Å². The van der Waals surface area contributed by atoms with Crippen molar-refractivity contribution >= 4 is 0 Å². The number of hydrogen-bond donors (Lipinski definition) is 1. The van der Waals surface area contributed by atoms with Crippen molar-refractivity contribution in [3.05, 3.63) is 0 Å². The predicted molar refractivity (Wildman–Crippen MR) is 58.6 cm³/mol. The molecule has 3 saturated carbocycles. The number of rotatable bonds is 3. The van der Waals surface area contributed by atoms with E-state index in [1.54, 1.807) is 6.42 Å². The third-order valence-corrected chi connectivity index (χ3v) is 5.34. The van der Waals surface area contributed by atoms with Crippen molar-refractivity contribution in [2.24, 2.45) is 23.7 Å². The molecule has 0 aromatic carbocycles. The molecule has 1 saturated heterocycles. The Hall–Kier alpha value is -0.0800. The topological polar surface area (TPSA) is 21.3 Å². The highest BCUT2D eigenvalue weighted by Crippen LogP contribution is 2.65.